The molecule has 1 aliphatic rings. The van der Waals surface area contributed by atoms with Crippen LogP contribution < -0.4 is 4.72 Å². The first-order chi connectivity index (χ1) is 9.21. The Morgan fingerprint density at radius 3 is 2.90 bits per heavy atom. The largest absolute Gasteiger partial charge is 0.481 e. The number of imidazole rings is 1. The van der Waals surface area contributed by atoms with Crippen LogP contribution in [0.5, 0.6) is 0 Å². The number of aliphatic carboxylic acids is 1. The summed E-state index contributed by atoms with van der Waals surface area (Å²) in [7, 11) is -3.69. The van der Waals surface area contributed by atoms with E-state index in [4.69, 9.17) is 5.11 Å². The maximum Gasteiger partial charge on any atom is 0.303 e. The molecule has 0 saturated heterocycles. The van der Waals surface area contributed by atoms with Crippen LogP contribution in [0.25, 0.3) is 0 Å². The normalized spacial score (nSPS) is 15.3. The maximum atomic E-state index is 12.4. The van der Waals surface area contributed by atoms with E-state index in [1.54, 1.807) is 18.4 Å². The summed E-state index contributed by atoms with van der Waals surface area (Å²) in [6.07, 6.45) is 3.19. The lowest BCUT2D eigenvalue weighted by molar-refractivity contribution is -0.137. The molecule has 20 heavy (non-hydrogen) atoms. The molecule has 2 N–H and O–H groups in total. The van der Waals surface area contributed by atoms with Crippen LogP contribution in [0, 0.1) is 0 Å². The molecule has 2 rings (SSSR count). The van der Waals surface area contributed by atoms with Crippen LogP contribution in [0.1, 0.15) is 38.9 Å². The van der Waals surface area contributed by atoms with Gasteiger partial charge in [0.25, 0.3) is 10.0 Å². The topological polar surface area (TPSA) is 101 Å². The molecule has 0 saturated carbocycles. The van der Waals surface area contributed by atoms with E-state index in [1.165, 1.54) is 6.20 Å². The van der Waals surface area contributed by atoms with Crippen molar-refractivity contribution in [2.24, 2.45) is 0 Å². The minimum atomic E-state index is -3.69. The highest BCUT2D eigenvalue weighted by atomic mass is 32.2. The highest BCUT2D eigenvalue weighted by molar-refractivity contribution is 7.89. The fourth-order valence-electron chi connectivity index (χ4n) is 2.33. The molecule has 0 fully saturated rings. The van der Waals surface area contributed by atoms with Crippen LogP contribution in [-0.2, 0) is 27.8 Å². The zero-order valence-electron chi connectivity index (χ0n) is 11.6. The van der Waals surface area contributed by atoms with Crippen LogP contribution in [0.2, 0.25) is 0 Å². The second-order valence-corrected chi connectivity index (χ2v) is 7.28. The lowest BCUT2D eigenvalue weighted by Gasteiger charge is -2.25. The van der Waals surface area contributed by atoms with Crippen molar-refractivity contribution in [2.75, 3.05) is 0 Å². The molecule has 1 aromatic rings. The van der Waals surface area contributed by atoms with Gasteiger partial charge in [-0.2, -0.15) is 0 Å². The van der Waals surface area contributed by atoms with E-state index in [9.17, 15) is 13.2 Å². The summed E-state index contributed by atoms with van der Waals surface area (Å²) in [5, 5.41) is 8.86. The Morgan fingerprint density at radius 2 is 2.25 bits per heavy atom. The molecule has 0 unspecified atom stereocenters. The molecule has 1 aromatic heterocycles. The average molecular weight is 301 g/mol. The van der Waals surface area contributed by atoms with Crippen LogP contribution in [-0.4, -0.2) is 34.6 Å². The van der Waals surface area contributed by atoms with Gasteiger partial charge in [-0.25, -0.2) is 18.1 Å². The van der Waals surface area contributed by atoms with E-state index in [0.717, 1.165) is 18.7 Å². The van der Waals surface area contributed by atoms with E-state index < -0.39 is 21.5 Å². The molecule has 8 heteroatoms. The standard InChI is InChI=1S/C12H19N3O4S/c1-12(2,6-5-11(16)17)14-20(18,19)10-8-13-9-4-3-7-15(9)10/h8,14H,3-7H2,1-2H3,(H,16,17). The summed E-state index contributed by atoms with van der Waals surface area (Å²) in [5.41, 5.74) is -0.819. The maximum absolute atomic E-state index is 12.4. The molecule has 0 atom stereocenters. The predicted octanol–water partition coefficient (Wildman–Crippen LogP) is 0.751. The average Bonchev–Trinajstić information content (AvgIpc) is 2.85. The van der Waals surface area contributed by atoms with Crippen LogP contribution in [0.3, 0.4) is 0 Å². The van der Waals surface area contributed by atoms with Gasteiger partial charge in [-0.3, -0.25) is 4.79 Å². The minimum absolute atomic E-state index is 0.0833. The van der Waals surface area contributed by atoms with E-state index in [-0.39, 0.29) is 17.9 Å². The number of sulfonamides is 1. The third-order valence-corrected chi connectivity index (χ3v) is 5.03. The molecule has 0 aromatic carbocycles. The van der Waals surface area contributed by atoms with Crippen molar-refractivity contribution in [1.82, 2.24) is 14.3 Å². The van der Waals surface area contributed by atoms with Crippen molar-refractivity contribution in [3.05, 3.63) is 12.0 Å². The molecule has 2 heterocycles. The van der Waals surface area contributed by atoms with Crippen molar-refractivity contribution in [3.63, 3.8) is 0 Å². The Balaban J connectivity index is 2.16. The number of aryl methyl sites for hydroxylation is 1. The summed E-state index contributed by atoms with van der Waals surface area (Å²) < 4.78 is 29.1. The van der Waals surface area contributed by atoms with Gasteiger partial charge in [0.2, 0.25) is 0 Å². The molecule has 1 aliphatic heterocycles. The summed E-state index contributed by atoms with van der Waals surface area (Å²) in [4.78, 5) is 14.7. The molecular weight excluding hydrogens is 282 g/mol. The van der Waals surface area contributed by atoms with E-state index in [1.807, 2.05) is 0 Å². The number of nitrogens with one attached hydrogen (secondary N) is 1. The van der Waals surface area contributed by atoms with Crippen molar-refractivity contribution >= 4 is 16.0 Å². The van der Waals surface area contributed by atoms with Gasteiger partial charge in [-0.15, -0.1) is 0 Å². The monoisotopic (exact) mass is 301 g/mol. The molecule has 0 amide bonds. The SMILES string of the molecule is CC(C)(CCC(=O)O)NS(=O)(=O)c1cnc2n1CCC2. The number of nitrogens with zero attached hydrogens (tertiary/aromatic N) is 2. The number of rotatable bonds is 6. The highest BCUT2D eigenvalue weighted by Gasteiger charge is 2.31. The van der Waals surface area contributed by atoms with Gasteiger partial charge in [0, 0.05) is 24.9 Å². The summed E-state index contributed by atoms with van der Waals surface area (Å²) in [6, 6.07) is 0. The Bertz CT molecular complexity index is 619. The number of hydrogen-bond acceptors (Lipinski definition) is 4. The molecule has 112 valence electrons. The number of carboxylic acids is 1. The number of fused-ring (bicyclic) bond motifs is 1. The first-order valence-electron chi connectivity index (χ1n) is 6.51. The predicted molar refractivity (Wildman–Crippen MR) is 71.8 cm³/mol. The molecule has 7 nitrogen and oxygen atoms in total. The number of carboxylic acid groups (broad SMARTS) is 1. The smallest absolute Gasteiger partial charge is 0.303 e. The van der Waals surface area contributed by atoms with Crippen LogP contribution >= 0.6 is 0 Å². The van der Waals surface area contributed by atoms with Gasteiger partial charge in [0.05, 0.1) is 6.20 Å². The Kier molecular flexibility index (Phi) is 3.88. The zero-order chi connectivity index (χ0) is 15.0. The third-order valence-electron chi connectivity index (χ3n) is 3.33. The summed E-state index contributed by atoms with van der Waals surface area (Å²) in [5.74, 6) is -0.156. The minimum Gasteiger partial charge on any atom is -0.481 e. The number of carbonyl (C=O) groups is 1. The number of aromatic nitrogens is 2. The lowest BCUT2D eigenvalue weighted by atomic mass is 10.0. The van der Waals surface area contributed by atoms with Gasteiger partial charge < -0.3 is 9.67 Å². The van der Waals surface area contributed by atoms with Crippen LogP contribution in [0.4, 0.5) is 0 Å². The van der Waals surface area contributed by atoms with Crippen molar-refractivity contribution in [2.45, 2.75) is 56.6 Å². The molecule has 0 bridgehead atoms. The molecule has 0 radical (unpaired) electrons. The van der Waals surface area contributed by atoms with Crippen molar-refractivity contribution < 1.29 is 18.3 Å². The highest BCUT2D eigenvalue weighted by Crippen LogP contribution is 2.22. The first kappa shape index (κ1) is 15.0. The van der Waals surface area contributed by atoms with E-state index in [2.05, 4.69) is 9.71 Å². The van der Waals surface area contributed by atoms with Crippen molar-refractivity contribution in [1.29, 1.82) is 0 Å². The fourth-order valence-corrected chi connectivity index (χ4v) is 3.94. The Labute approximate surface area is 118 Å². The first-order valence-corrected chi connectivity index (χ1v) is 8.00. The molecular formula is C12H19N3O4S. The van der Waals surface area contributed by atoms with E-state index >= 15 is 0 Å². The van der Waals surface area contributed by atoms with Gasteiger partial charge >= 0.3 is 5.97 Å². The molecule has 0 spiro atoms. The van der Waals surface area contributed by atoms with Gasteiger partial charge in [0.1, 0.15) is 5.82 Å². The molecule has 0 aliphatic carbocycles. The zero-order valence-corrected chi connectivity index (χ0v) is 12.4. The van der Waals surface area contributed by atoms with Gasteiger partial charge in [0.15, 0.2) is 5.03 Å². The van der Waals surface area contributed by atoms with Gasteiger partial charge in [-0.05, 0) is 26.7 Å². The summed E-state index contributed by atoms with van der Waals surface area (Å²) >= 11 is 0. The fraction of sp³-hybridized carbons (Fsp3) is 0.667. The van der Waals surface area contributed by atoms with Crippen LogP contribution in [0.15, 0.2) is 11.2 Å². The summed E-state index contributed by atoms with van der Waals surface area (Å²) in [6.45, 7) is 4.00. The Morgan fingerprint density at radius 1 is 1.55 bits per heavy atom. The van der Waals surface area contributed by atoms with E-state index in [0.29, 0.717) is 6.54 Å². The number of hydrogen-bond donors (Lipinski definition) is 2. The quantitative estimate of drug-likeness (QED) is 0.807. The second-order valence-electron chi connectivity index (χ2n) is 5.65. The lowest BCUT2D eigenvalue weighted by Crippen LogP contribution is -2.44. The third kappa shape index (κ3) is 3.18. The van der Waals surface area contributed by atoms with Crippen molar-refractivity contribution in [3.8, 4) is 0 Å². The van der Waals surface area contributed by atoms with Gasteiger partial charge in [-0.1, -0.05) is 0 Å². The Hall–Kier alpha value is -1.41. The second kappa shape index (κ2) is 5.17.